The molecule has 0 aliphatic rings. The number of hydrogen-bond donors (Lipinski definition) is 2. The second kappa shape index (κ2) is 2.38. The molecule has 1 aromatic carbocycles. The summed E-state index contributed by atoms with van der Waals surface area (Å²) in [6.07, 6.45) is 0. The summed E-state index contributed by atoms with van der Waals surface area (Å²) in [6.45, 7) is 1.56. The number of nitrogens with two attached hydrogens (primary N) is 2. The Balaban J connectivity index is 3.46. The summed E-state index contributed by atoms with van der Waals surface area (Å²) in [5.74, 6) is -2.04. The maximum absolute atomic E-state index is 12.6. The number of aryl methyl sites for hydroxylation is 1. The number of nitrogen functional groups attached to an aromatic ring is 2. The molecular formula is C7H8F2N2. The molecule has 0 saturated carbocycles. The van der Waals surface area contributed by atoms with Gasteiger partial charge in [-0.05, 0) is 18.6 Å². The largest absolute Gasteiger partial charge is 0.397 e. The van der Waals surface area contributed by atoms with Crippen molar-refractivity contribution in [1.29, 1.82) is 0 Å². The molecule has 0 aliphatic heterocycles. The van der Waals surface area contributed by atoms with E-state index >= 15 is 0 Å². The van der Waals surface area contributed by atoms with Crippen LogP contribution in [-0.4, -0.2) is 0 Å². The van der Waals surface area contributed by atoms with E-state index in [2.05, 4.69) is 0 Å². The van der Waals surface area contributed by atoms with Gasteiger partial charge in [0.2, 0.25) is 0 Å². The fraction of sp³-hybridized carbons (Fsp3) is 0.143. The predicted octanol–water partition coefficient (Wildman–Crippen LogP) is 1.44. The van der Waals surface area contributed by atoms with Gasteiger partial charge in [-0.25, -0.2) is 8.78 Å². The number of rotatable bonds is 0. The molecule has 0 unspecified atom stereocenters. The van der Waals surface area contributed by atoms with Crippen LogP contribution < -0.4 is 11.5 Å². The van der Waals surface area contributed by atoms with Gasteiger partial charge in [0.1, 0.15) is 0 Å². The molecule has 0 aromatic heterocycles. The zero-order valence-electron chi connectivity index (χ0n) is 5.99. The Bertz CT molecular complexity index is 271. The molecular weight excluding hydrogens is 150 g/mol. The number of benzene rings is 1. The van der Waals surface area contributed by atoms with Gasteiger partial charge in [-0.1, -0.05) is 0 Å². The third kappa shape index (κ3) is 1.11. The van der Waals surface area contributed by atoms with Crippen LogP contribution in [0, 0.1) is 18.6 Å². The lowest BCUT2D eigenvalue weighted by molar-refractivity contribution is 0.512. The first-order valence-corrected chi connectivity index (χ1v) is 3.03. The topological polar surface area (TPSA) is 52.0 Å². The molecule has 0 heterocycles. The van der Waals surface area contributed by atoms with E-state index in [0.29, 0.717) is 5.56 Å². The predicted molar refractivity (Wildman–Crippen MR) is 39.9 cm³/mol. The Kier molecular flexibility index (Phi) is 1.68. The molecule has 4 N–H and O–H groups in total. The lowest BCUT2D eigenvalue weighted by Crippen LogP contribution is -2.02. The maximum atomic E-state index is 12.6. The first kappa shape index (κ1) is 7.78. The Morgan fingerprint density at radius 2 is 1.73 bits per heavy atom. The van der Waals surface area contributed by atoms with Crippen molar-refractivity contribution in [2.75, 3.05) is 11.5 Å². The summed E-state index contributed by atoms with van der Waals surface area (Å²) < 4.78 is 25.1. The molecule has 4 heteroatoms. The van der Waals surface area contributed by atoms with Crippen LogP contribution in [0.5, 0.6) is 0 Å². The van der Waals surface area contributed by atoms with E-state index in [-0.39, 0.29) is 11.4 Å². The van der Waals surface area contributed by atoms with Crippen LogP contribution in [0.2, 0.25) is 0 Å². The molecule has 0 saturated heterocycles. The van der Waals surface area contributed by atoms with Crippen LogP contribution in [0.15, 0.2) is 6.07 Å². The minimum atomic E-state index is -1.08. The molecule has 0 atom stereocenters. The summed E-state index contributed by atoms with van der Waals surface area (Å²) in [5, 5.41) is 0. The van der Waals surface area contributed by atoms with E-state index in [4.69, 9.17) is 11.5 Å². The molecule has 2 nitrogen and oxygen atoms in total. The van der Waals surface area contributed by atoms with Gasteiger partial charge in [-0.3, -0.25) is 0 Å². The van der Waals surface area contributed by atoms with E-state index in [1.54, 1.807) is 6.92 Å². The summed E-state index contributed by atoms with van der Waals surface area (Å²) in [6, 6.07) is 1.01. The van der Waals surface area contributed by atoms with Crippen molar-refractivity contribution in [3.05, 3.63) is 23.3 Å². The third-order valence-corrected chi connectivity index (χ3v) is 1.50. The highest BCUT2D eigenvalue weighted by Crippen LogP contribution is 2.24. The van der Waals surface area contributed by atoms with Gasteiger partial charge in [0.15, 0.2) is 11.6 Å². The third-order valence-electron chi connectivity index (χ3n) is 1.50. The second-order valence-corrected chi connectivity index (χ2v) is 2.32. The second-order valence-electron chi connectivity index (χ2n) is 2.32. The average molecular weight is 158 g/mol. The van der Waals surface area contributed by atoms with Crippen LogP contribution in [-0.2, 0) is 0 Å². The first-order chi connectivity index (χ1) is 5.04. The number of anilines is 2. The smallest absolute Gasteiger partial charge is 0.183 e. The van der Waals surface area contributed by atoms with Gasteiger partial charge in [0.25, 0.3) is 0 Å². The number of hydrogen-bond acceptors (Lipinski definition) is 2. The molecule has 0 spiro atoms. The highest BCUT2D eigenvalue weighted by molar-refractivity contribution is 5.67. The SMILES string of the molecule is Cc1cc(F)c(F)c(N)c1N. The summed E-state index contributed by atoms with van der Waals surface area (Å²) in [4.78, 5) is 0. The molecule has 0 fully saturated rings. The summed E-state index contributed by atoms with van der Waals surface area (Å²) in [7, 11) is 0. The Labute approximate surface area is 62.8 Å². The first-order valence-electron chi connectivity index (χ1n) is 3.03. The van der Waals surface area contributed by atoms with Crippen LogP contribution in [0.4, 0.5) is 20.2 Å². The molecule has 11 heavy (non-hydrogen) atoms. The highest BCUT2D eigenvalue weighted by Gasteiger charge is 2.10. The molecule has 1 rings (SSSR count). The van der Waals surface area contributed by atoms with Gasteiger partial charge in [-0.2, -0.15) is 0 Å². The quantitative estimate of drug-likeness (QED) is 0.561. The van der Waals surface area contributed by atoms with Crippen molar-refractivity contribution in [3.63, 3.8) is 0 Å². The van der Waals surface area contributed by atoms with Gasteiger partial charge >= 0.3 is 0 Å². The Hall–Kier alpha value is -1.32. The van der Waals surface area contributed by atoms with E-state index < -0.39 is 11.6 Å². The van der Waals surface area contributed by atoms with Gasteiger partial charge in [0.05, 0.1) is 11.4 Å². The van der Waals surface area contributed by atoms with Crippen molar-refractivity contribution < 1.29 is 8.78 Å². The van der Waals surface area contributed by atoms with E-state index in [9.17, 15) is 8.78 Å². The van der Waals surface area contributed by atoms with Gasteiger partial charge in [0, 0.05) is 0 Å². The van der Waals surface area contributed by atoms with Crippen molar-refractivity contribution in [2.24, 2.45) is 0 Å². The molecule has 0 radical (unpaired) electrons. The monoisotopic (exact) mass is 158 g/mol. The molecule has 0 amide bonds. The molecule has 60 valence electrons. The van der Waals surface area contributed by atoms with Gasteiger partial charge in [-0.15, -0.1) is 0 Å². The van der Waals surface area contributed by atoms with Crippen LogP contribution in [0.3, 0.4) is 0 Å². The zero-order chi connectivity index (χ0) is 8.59. The van der Waals surface area contributed by atoms with E-state index in [1.807, 2.05) is 0 Å². The Morgan fingerprint density at radius 3 is 2.27 bits per heavy atom. The number of halogens is 2. The molecule has 0 aliphatic carbocycles. The standard InChI is InChI=1S/C7H8F2N2/c1-3-2-4(8)5(9)7(11)6(3)10/h2H,10-11H2,1H3. The fourth-order valence-electron chi connectivity index (χ4n) is 0.791. The average Bonchev–Trinajstić information content (AvgIpc) is 1.97. The highest BCUT2D eigenvalue weighted by atomic mass is 19.2. The van der Waals surface area contributed by atoms with Crippen molar-refractivity contribution in [1.82, 2.24) is 0 Å². The normalized spacial score (nSPS) is 10.1. The zero-order valence-corrected chi connectivity index (χ0v) is 5.99. The Morgan fingerprint density at radius 1 is 1.18 bits per heavy atom. The van der Waals surface area contributed by atoms with E-state index in [1.165, 1.54) is 0 Å². The van der Waals surface area contributed by atoms with E-state index in [0.717, 1.165) is 6.07 Å². The lowest BCUT2D eigenvalue weighted by atomic mass is 10.1. The minimum Gasteiger partial charge on any atom is -0.397 e. The molecule has 1 aromatic rings. The van der Waals surface area contributed by atoms with Crippen molar-refractivity contribution in [3.8, 4) is 0 Å². The summed E-state index contributed by atoms with van der Waals surface area (Å²) >= 11 is 0. The fourth-order valence-corrected chi connectivity index (χ4v) is 0.791. The maximum Gasteiger partial charge on any atom is 0.183 e. The van der Waals surface area contributed by atoms with Crippen LogP contribution in [0.1, 0.15) is 5.56 Å². The van der Waals surface area contributed by atoms with Crippen molar-refractivity contribution in [2.45, 2.75) is 6.92 Å². The lowest BCUT2D eigenvalue weighted by Gasteiger charge is -2.05. The van der Waals surface area contributed by atoms with Gasteiger partial charge < -0.3 is 11.5 Å². The van der Waals surface area contributed by atoms with Crippen LogP contribution in [0.25, 0.3) is 0 Å². The van der Waals surface area contributed by atoms with Crippen LogP contribution >= 0.6 is 0 Å². The summed E-state index contributed by atoms with van der Waals surface area (Å²) in [5.41, 5.74) is 10.7. The minimum absolute atomic E-state index is 0.101. The molecule has 0 bridgehead atoms. The van der Waals surface area contributed by atoms with Crippen molar-refractivity contribution >= 4 is 11.4 Å².